The van der Waals surface area contributed by atoms with E-state index in [-0.39, 0.29) is 0 Å². The molecule has 2 heteroatoms. The van der Waals surface area contributed by atoms with Gasteiger partial charge < -0.3 is 0 Å². The van der Waals surface area contributed by atoms with Gasteiger partial charge in [-0.05, 0) is 18.1 Å². The average molecular weight is 714 g/mol. The zero-order chi connectivity index (χ0) is 34.5. The van der Waals surface area contributed by atoms with E-state index in [2.05, 4.69) is 230 Å². The summed E-state index contributed by atoms with van der Waals surface area (Å²) < 4.78 is 5.71. The number of rotatable bonds is 9. The van der Waals surface area contributed by atoms with Crippen LogP contribution in [0.2, 0.25) is 0 Å². The third kappa shape index (κ3) is 6.45. The predicted molar refractivity (Wildman–Crippen MR) is 220 cm³/mol. The van der Waals surface area contributed by atoms with Gasteiger partial charge >= 0.3 is 252 Å². The number of hydrogen-bond donors (Lipinski definition) is 0. The Balaban J connectivity index is 1.16. The number of hydrogen-bond acceptors (Lipinski definition) is 1. The third-order valence-electron chi connectivity index (χ3n) is 9.92. The molecule has 1 nitrogen and oxygen atoms in total. The first kappa shape index (κ1) is 32.3. The Hall–Kier alpha value is -5.90. The van der Waals surface area contributed by atoms with Crippen molar-refractivity contribution in [1.82, 2.24) is 0 Å². The van der Waals surface area contributed by atoms with Gasteiger partial charge in [-0.3, -0.25) is 0 Å². The average Bonchev–Trinajstić information content (AvgIpc) is 3.21. The molecule has 0 atom stereocenters. The molecule has 0 amide bonds. The van der Waals surface area contributed by atoms with Gasteiger partial charge in [0.25, 0.3) is 0 Å². The van der Waals surface area contributed by atoms with E-state index in [4.69, 9.17) is 0 Å². The molecule has 0 unspecified atom stereocenters. The van der Waals surface area contributed by atoms with Crippen molar-refractivity contribution in [2.75, 3.05) is 4.90 Å². The van der Waals surface area contributed by atoms with Crippen molar-refractivity contribution in [1.29, 1.82) is 0 Å². The normalized spacial score (nSPS) is 11.2. The van der Waals surface area contributed by atoms with Gasteiger partial charge in [-0.15, -0.1) is 0 Å². The summed E-state index contributed by atoms with van der Waals surface area (Å²) in [6.45, 7) is 2.13. The molecular formula is C49H39GeN. The Kier molecular flexibility index (Phi) is 9.20. The van der Waals surface area contributed by atoms with Crippen molar-refractivity contribution in [3.63, 3.8) is 0 Å². The molecule has 8 rings (SSSR count). The number of aryl methyl sites for hydroxylation is 1. The van der Waals surface area contributed by atoms with Crippen LogP contribution in [0.25, 0.3) is 22.3 Å². The SMILES string of the molecule is Cc1ccc(N(c2ccc(-c3ccccc3)cc2)c2ccc(-c3cc[c]([Ge]([c]4ccccc4)([c]4ccccc4)[c]4ccccc4)cc3)cc2)cc1. The van der Waals surface area contributed by atoms with Gasteiger partial charge in [0.1, 0.15) is 0 Å². The zero-order valence-electron chi connectivity index (χ0n) is 28.7. The van der Waals surface area contributed by atoms with Gasteiger partial charge in [0.05, 0.1) is 0 Å². The van der Waals surface area contributed by atoms with Crippen LogP contribution >= 0.6 is 0 Å². The molecule has 0 aromatic heterocycles. The molecular weight excluding hydrogens is 675 g/mol. The van der Waals surface area contributed by atoms with Crippen LogP contribution < -0.4 is 22.5 Å². The first-order chi connectivity index (χ1) is 25.2. The first-order valence-electron chi connectivity index (χ1n) is 17.6. The van der Waals surface area contributed by atoms with E-state index >= 15 is 0 Å². The van der Waals surface area contributed by atoms with Gasteiger partial charge in [-0.1, -0.05) is 35.9 Å². The number of benzene rings is 8. The second-order valence-electron chi connectivity index (χ2n) is 13.1. The molecule has 0 aliphatic rings. The van der Waals surface area contributed by atoms with E-state index in [1.807, 2.05) is 0 Å². The van der Waals surface area contributed by atoms with Gasteiger partial charge in [0.2, 0.25) is 0 Å². The Bertz CT molecular complexity index is 2200. The summed E-state index contributed by atoms with van der Waals surface area (Å²) >= 11 is -3.29. The molecule has 0 saturated heterocycles. The molecule has 244 valence electrons. The Labute approximate surface area is 304 Å². The van der Waals surface area contributed by atoms with E-state index in [1.165, 1.54) is 45.4 Å². The number of nitrogens with zero attached hydrogens (tertiary/aromatic N) is 1. The van der Waals surface area contributed by atoms with E-state index in [9.17, 15) is 0 Å². The first-order valence-corrected chi connectivity index (χ1v) is 21.8. The maximum absolute atomic E-state index is 3.29. The van der Waals surface area contributed by atoms with Crippen LogP contribution in [0.5, 0.6) is 0 Å². The minimum atomic E-state index is -3.29. The molecule has 0 saturated carbocycles. The molecule has 8 aromatic rings. The van der Waals surface area contributed by atoms with E-state index < -0.39 is 13.3 Å². The van der Waals surface area contributed by atoms with Crippen LogP contribution in [-0.4, -0.2) is 13.3 Å². The molecule has 0 heterocycles. The fourth-order valence-corrected chi connectivity index (χ4v) is 17.3. The molecule has 8 aromatic carbocycles. The summed E-state index contributed by atoms with van der Waals surface area (Å²) in [5.41, 5.74) is 9.48. The van der Waals surface area contributed by atoms with Gasteiger partial charge in [-0.2, -0.15) is 0 Å². The fourth-order valence-electron chi connectivity index (χ4n) is 7.35. The topological polar surface area (TPSA) is 3.24 Å². The summed E-state index contributed by atoms with van der Waals surface area (Å²) in [4.78, 5) is 2.34. The van der Waals surface area contributed by atoms with E-state index in [0.717, 1.165) is 17.1 Å². The third-order valence-corrected chi connectivity index (χ3v) is 20.0. The van der Waals surface area contributed by atoms with Crippen molar-refractivity contribution in [2.24, 2.45) is 0 Å². The van der Waals surface area contributed by atoms with Gasteiger partial charge in [0.15, 0.2) is 0 Å². The van der Waals surface area contributed by atoms with Crippen LogP contribution in [0.15, 0.2) is 218 Å². The van der Waals surface area contributed by atoms with Crippen LogP contribution in [0.3, 0.4) is 0 Å². The molecule has 0 N–H and O–H groups in total. The molecule has 0 aliphatic carbocycles. The second-order valence-corrected chi connectivity index (χ2v) is 21.0. The summed E-state index contributed by atoms with van der Waals surface area (Å²) in [6, 6.07) is 80.1. The Morgan fingerprint density at radius 2 is 0.549 bits per heavy atom. The quantitative estimate of drug-likeness (QED) is 0.135. The summed E-state index contributed by atoms with van der Waals surface area (Å²) in [5, 5.41) is 0. The van der Waals surface area contributed by atoms with Crippen LogP contribution in [0.1, 0.15) is 5.56 Å². The van der Waals surface area contributed by atoms with Crippen molar-refractivity contribution >= 4 is 47.9 Å². The van der Waals surface area contributed by atoms with Crippen molar-refractivity contribution < 1.29 is 0 Å². The van der Waals surface area contributed by atoms with Gasteiger partial charge in [-0.25, -0.2) is 0 Å². The molecule has 0 aliphatic heterocycles. The Morgan fingerprint density at radius 3 is 0.922 bits per heavy atom. The fraction of sp³-hybridized carbons (Fsp3) is 0.0204. The number of anilines is 3. The molecule has 0 spiro atoms. The monoisotopic (exact) mass is 715 g/mol. The minimum absolute atomic E-state index is 1.12. The van der Waals surface area contributed by atoms with Crippen LogP contribution in [0, 0.1) is 6.92 Å². The molecule has 0 bridgehead atoms. The van der Waals surface area contributed by atoms with Crippen molar-refractivity contribution in [2.45, 2.75) is 6.92 Å². The summed E-state index contributed by atoms with van der Waals surface area (Å²) in [5.74, 6) is 0. The van der Waals surface area contributed by atoms with Crippen LogP contribution in [0.4, 0.5) is 17.1 Å². The van der Waals surface area contributed by atoms with Crippen molar-refractivity contribution in [3.8, 4) is 22.3 Å². The van der Waals surface area contributed by atoms with E-state index in [1.54, 1.807) is 0 Å². The zero-order valence-corrected chi connectivity index (χ0v) is 30.8. The molecule has 0 radical (unpaired) electrons. The predicted octanol–water partition coefficient (Wildman–Crippen LogP) is 10.2. The summed E-state index contributed by atoms with van der Waals surface area (Å²) in [7, 11) is 0. The molecule has 51 heavy (non-hydrogen) atoms. The summed E-state index contributed by atoms with van der Waals surface area (Å²) in [6.07, 6.45) is 0. The van der Waals surface area contributed by atoms with Crippen molar-refractivity contribution in [3.05, 3.63) is 224 Å². The van der Waals surface area contributed by atoms with E-state index in [0.29, 0.717) is 0 Å². The maximum atomic E-state index is 2.39. The van der Waals surface area contributed by atoms with Gasteiger partial charge in [0, 0.05) is 0 Å². The van der Waals surface area contributed by atoms with Crippen LogP contribution in [-0.2, 0) is 0 Å². The molecule has 0 fully saturated rings. The standard InChI is InChI=1S/C49H39GeN/c1-38-22-32-47(33-23-38)51(48-34-26-41(27-35-48)39-14-6-2-7-15-39)49-36-28-42(29-37-49)40-24-30-46(31-25-40)50(43-16-8-3-9-17-43,44-18-10-4-11-19-44)45-20-12-5-13-21-45/h2-37H,1H3. The Morgan fingerprint density at radius 1 is 0.275 bits per heavy atom. The second kappa shape index (κ2) is 14.5.